The number of rotatable bonds is 3. The zero-order valence-electron chi connectivity index (χ0n) is 12.0. The minimum atomic E-state index is -0.667. The molecule has 0 amide bonds. The normalized spacial score (nSPS) is 25.7. The number of hydrogen-bond donors (Lipinski definition) is 1. The van der Waals surface area contributed by atoms with Crippen molar-refractivity contribution in [2.24, 2.45) is 10.8 Å². The van der Waals surface area contributed by atoms with E-state index in [0.717, 1.165) is 13.1 Å². The first-order valence-corrected chi connectivity index (χ1v) is 7.28. The molecule has 0 bridgehead atoms. The van der Waals surface area contributed by atoms with E-state index in [9.17, 15) is 4.79 Å². The van der Waals surface area contributed by atoms with Crippen LogP contribution in [0.25, 0.3) is 0 Å². The van der Waals surface area contributed by atoms with Gasteiger partial charge in [0.15, 0.2) is 0 Å². The van der Waals surface area contributed by atoms with Gasteiger partial charge in [-0.2, -0.15) is 0 Å². The van der Waals surface area contributed by atoms with E-state index in [1.54, 1.807) is 0 Å². The van der Waals surface area contributed by atoms with E-state index in [-0.39, 0.29) is 17.9 Å². The summed E-state index contributed by atoms with van der Waals surface area (Å²) in [6, 6.07) is 0.183. The van der Waals surface area contributed by atoms with Gasteiger partial charge in [0.25, 0.3) is 0 Å². The van der Waals surface area contributed by atoms with Crippen molar-refractivity contribution in [2.45, 2.75) is 65.3 Å². The number of nitrogens with zero attached hydrogens (tertiary/aromatic N) is 1. The summed E-state index contributed by atoms with van der Waals surface area (Å²) in [6.07, 6.45) is 7.11. The Bertz CT molecular complexity index is 305. The summed E-state index contributed by atoms with van der Waals surface area (Å²) in [6.45, 7) is 8.73. The smallest absolute Gasteiger partial charge is 0.304 e. The minimum absolute atomic E-state index is 0.0503. The van der Waals surface area contributed by atoms with Crippen LogP contribution >= 0.6 is 0 Å². The molecule has 18 heavy (non-hydrogen) atoms. The van der Waals surface area contributed by atoms with Crippen LogP contribution in [0.2, 0.25) is 0 Å². The summed E-state index contributed by atoms with van der Waals surface area (Å²) in [4.78, 5) is 13.5. The first-order chi connectivity index (χ1) is 8.32. The first kappa shape index (κ1) is 13.9. The Labute approximate surface area is 111 Å². The Morgan fingerprint density at radius 2 is 1.78 bits per heavy atom. The highest BCUT2D eigenvalue weighted by Crippen LogP contribution is 2.46. The summed E-state index contributed by atoms with van der Waals surface area (Å²) in [7, 11) is 0. The maximum absolute atomic E-state index is 11.0. The molecule has 1 saturated heterocycles. The van der Waals surface area contributed by atoms with Gasteiger partial charge in [0.05, 0.1) is 6.42 Å². The van der Waals surface area contributed by atoms with Crippen molar-refractivity contribution in [3.8, 4) is 0 Å². The van der Waals surface area contributed by atoms with E-state index in [1.807, 2.05) is 0 Å². The molecule has 0 aromatic heterocycles. The third-order valence-corrected chi connectivity index (χ3v) is 4.80. The lowest BCUT2D eigenvalue weighted by molar-refractivity contribution is -0.143. The molecular formula is C15H27NO2. The average Bonchev–Trinajstić information content (AvgIpc) is 2.22. The molecule has 3 nitrogen and oxygen atoms in total. The highest BCUT2D eigenvalue weighted by Gasteiger charge is 2.48. The van der Waals surface area contributed by atoms with Gasteiger partial charge in [-0.1, -0.05) is 40.0 Å². The van der Waals surface area contributed by atoms with E-state index in [1.165, 1.54) is 32.1 Å². The fraction of sp³-hybridized carbons (Fsp3) is 0.933. The van der Waals surface area contributed by atoms with Gasteiger partial charge < -0.3 is 5.11 Å². The third-order valence-electron chi connectivity index (χ3n) is 4.80. The lowest BCUT2D eigenvalue weighted by Gasteiger charge is -2.57. The zero-order valence-corrected chi connectivity index (χ0v) is 12.0. The Morgan fingerprint density at radius 3 is 2.22 bits per heavy atom. The molecular weight excluding hydrogens is 226 g/mol. The van der Waals surface area contributed by atoms with Crippen molar-refractivity contribution in [1.82, 2.24) is 4.90 Å². The molecule has 1 spiro atoms. The van der Waals surface area contributed by atoms with Crippen LogP contribution in [0.3, 0.4) is 0 Å². The van der Waals surface area contributed by atoms with Gasteiger partial charge in [0.1, 0.15) is 0 Å². The van der Waals surface area contributed by atoms with Gasteiger partial charge >= 0.3 is 5.97 Å². The number of carbonyl (C=O) groups is 1. The molecule has 0 aromatic rings. The SMILES string of the molecule is CC(C)(C)C(CC(=O)O)N1CC2(CCCCC2)C1. The van der Waals surface area contributed by atoms with Crippen molar-refractivity contribution in [3.63, 3.8) is 0 Å². The monoisotopic (exact) mass is 253 g/mol. The summed E-state index contributed by atoms with van der Waals surface area (Å²) in [5, 5.41) is 9.09. The summed E-state index contributed by atoms with van der Waals surface area (Å²) < 4.78 is 0. The topological polar surface area (TPSA) is 40.5 Å². The fourth-order valence-electron chi connectivity index (χ4n) is 3.80. The van der Waals surface area contributed by atoms with Gasteiger partial charge in [0, 0.05) is 19.1 Å². The van der Waals surface area contributed by atoms with Crippen LogP contribution in [0.4, 0.5) is 0 Å². The van der Waals surface area contributed by atoms with E-state index >= 15 is 0 Å². The Balaban J connectivity index is 1.96. The predicted molar refractivity (Wildman–Crippen MR) is 72.6 cm³/mol. The molecule has 1 saturated carbocycles. The summed E-state index contributed by atoms with van der Waals surface area (Å²) >= 11 is 0. The molecule has 1 unspecified atom stereocenters. The molecule has 2 rings (SSSR count). The molecule has 0 radical (unpaired) electrons. The second-order valence-electron chi connectivity index (χ2n) is 7.45. The summed E-state index contributed by atoms with van der Waals surface area (Å²) in [5.74, 6) is -0.667. The number of carboxylic acid groups (broad SMARTS) is 1. The van der Waals surface area contributed by atoms with E-state index in [0.29, 0.717) is 5.41 Å². The standard InChI is InChI=1S/C15H27NO2/c1-14(2,3)12(9-13(17)18)16-10-15(11-16)7-5-4-6-8-15/h12H,4-11H2,1-3H3,(H,17,18). The number of likely N-dealkylation sites (tertiary alicyclic amines) is 1. The molecule has 1 heterocycles. The number of hydrogen-bond acceptors (Lipinski definition) is 2. The second kappa shape index (κ2) is 4.84. The molecule has 1 aliphatic carbocycles. The molecule has 1 atom stereocenters. The van der Waals surface area contributed by atoms with Crippen molar-refractivity contribution in [3.05, 3.63) is 0 Å². The molecule has 2 fully saturated rings. The average molecular weight is 253 g/mol. The molecule has 104 valence electrons. The van der Waals surface area contributed by atoms with Gasteiger partial charge in [-0.05, 0) is 23.7 Å². The van der Waals surface area contributed by atoms with E-state index in [4.69, 9.17) is 5.11 Å². The second-order valence-corrected chi connectivity index (χ2v) is 7.45. The fourth-order valence-corrected chi connectivity index (χ4v) is 3.80. The Hall–Kier alpha value is -0.570. The maximum atomic E-state index is 11.0. The van der Waals surface area contributed by atoms with Crippen LogP contribution < -0.4 is 0 Å². The van der Waals surface area contributed by atoms with Crippen molar-refractivity contribution < 1.29 is 9.90 Å². The molecule has 2 aliphatic rings. The van der Waals surface area contributed by atoms with Crippen LogP contribution in [-0.4, -0.2) is 35.1 Å². The third kappa shape index (κ3) is 2.87. The quantitative estimate of drug-likeness (QED) is 0.840. The number of carboxylic acids is 1. The van der Waals surface area contributed by atoms with Gasteiger partial charge in [-0.15, -0.1) is 0 Å². The Morgan fingerprint density at radius 1 is 1.22 bits per heavy atom. The highest BCUT2D eigenvalue weighted by molar-refractivity contribution is 5.67. The van der Waals surface area contributed by atoms with Gasteiger partial charge in [0.2, 0.25) is 0 Å². The lowest BCUT2D eigenvalue weighted by atomic mass is 9.66. The highest BCUT2D eigenvalue weighted by atomic mass is 16.4. The zero-order chi connectivity index (χ0) is 13.4. The van der Waals surface area contributed by atoms with Crippen LogP contribution in [0.15, 0.2) is 0 Å². The summed E-state index contributed by atoms with van der Waals surface area (Å²) in [5.41, 5.74) is 0.592. The van der Waals surface area contributed by atoms with E-state index < -0.39 is 5.97 Å². The Kier molecular flexibility index (Phi) is 3.72. The maximum Gasteiger partial charge on any atom is 0.304 e. The number of aliphatic carboxylic acids is 1. The molecule has 1 aliphatic heterocycles. The van der Waals surface area contributed by atoms with Crippen molar-refractivity contribution in [1.29, 1.82) is 0 Å². The van der Waals surface area contributed by atoms with Crippen LogP contribution in [0.1, 0.15) is 59.3 Å². The predicted octanol–water partition coefficient (Wildman–Crippen LogP) is 3.14. The minimum Gasteiger partial charge on any atom is -0.481 e. The molecule has 3 heteroatoms. The van der Waals surface area contributed by atoms with Gasteiger partial charge in [-0.25, -0.2) is 0 Å². The van der Waals surface area contributed by atoms with Gasteiger partial charge in [-0.3, -0.25) is 9.69 Å². The van der Waals surface area contributed by atoms with Crippen LogP contribution in [0.5, 0.6) is 0 Å². The van der Waals surface area contributed by atoms with Crippen molar-refractivity contribution >= 4 is 5.97 Å². The molecule has 0 aromatic carbocycles. The van der Waals surface area contributed by atoms with Crippen LogP contribution in [0, 0.1) is 10.8 Å². The van der Waals surface area contributed by atoms with E-state index in [2.05, 4.69) is 25.7 Å². The van der Waals surface area contributed by atoms with Crippen molar-refractivity contribution in [2.75, 3.05) is 13.1 Å². The first-order valence-electron chi connectivity index (χ1n) is 7.28. The lowest BCUT2D eigenvalue weighted by Crippen LogP contribution is -2.63. The molecule has 1 N–H and O–H groups in total. The van der Waals surface area contributed by atoms with Crippen LogP contribution in [-0.2, 0) is 4.79 Å². The largest absolute Gasteiger partial charge is 0.481 e.